The molecule has 0 unspecified atom stereocenters. The molecule has 6 heteroatoms. The van der Waals surface area contributed by atoms with Gasteiger partial charge in [0.1, 0.15) is 5.82 Å². The Labute approximate surface area is 157 Å². The molecule has 0 aliphatic carbocycles. The lowest BCUT2D eigenvalue weighted by Crippen LogP contribution is -2.14. The Morgan fingerprint density at radius 1 is 1.04 bits per heavy atom. The monoisotopic (exact) mass is 368 g/mol. The van der Waals surface area contributed by atoms with Crippen molar-refractivity contribution in [3.63, 3.8) is 0 Å². The number of carbonyl (C=O) groups is 1. The molecule has 0 aliphatic heterocycles. The van der Waals surface area contributed by atoms with Crippen LogP contribution in [0.15, 0.2) is 42.5 Å². The minimum Gasteiger partial charge on any atom is -0.490 e. The normalized spacial score (nSPS) is 10.7. The highest BCUT2D eigenvalue weighted by Crippen LogP contribution is 2.31. The standard InChI is InChI=1S/C21H21FN2O3/c1-4-26-19-9-8-16(12-20(19)27-5-2)24-21(25)17-10-14-6-7-15(22)11-18(14)23-13(17)3/h6-12H,4-5H2,1-3H3,(H,24,25). The predicted octanol–water partition coefficient (Wildman–Crippen LogP) is 4.73. The Morgan fingerprint density at radius 3 is 2.52 bits per heavy atom. The van der Waals surface area contributed by atoms with Gasteiger partial charge in [0.25, 0.3) is 5.91 Å². The lowest BCUT2D eigenvalue weighted by atomic mass is 10.1. The van der Waals surface area contributed by atoms with E-state index >= 15 is 0 Å². The second-order valence-electron chi connectivity index (χ2n) is 5.94. The molecule has 0 saturated heterocycles. The third-order valence-corrected chi connectivity index (χ3v) is 4.02. The number of hydrogen-bond donors (Lipinski definition) is 1. The van der Waals surface area contributed by atoms with Crippen LogP contribution in [0.3, 0.4) is 0 Å². The second-order valence-corrected chi connectivity index (χ2v) is 5.94. The van der Waals surface area contributed by atoms with E-state index in [9.17, 15) is 9.18 Å². The van der Waals surface area contributed by atoms with Crippen LogP contribution in [0.1, 0.15) is 29.9 Å². The van der Waals surface area contributed by atoms with Crippen LogP contribution in [-0.2, 0) is 0 Å². The summed E-state index contributed by atoms with van der Waals surface area (Å²) in [5.74, 6) is 0.547. The lowest BCUT2D eigenvalue weighted by molar-refractivity contribution is 0.102. The molecule has 0 radical (unpaired) electrons. The summed E-state index contributed by atoms with van der Waals surface area (Å²) >= 11 is 0. The van der Waals surface area contributed by atoms with Crippen LogP contribution in [0.5, 0.6) is 11.5 Å². The number of aryl methyl sites for hydroxylation is 1. The molecular weight excluding hydrogens is 347 g/mol. The smallest absolute Gasteiger partial charge is 0.257 e. The van der Waals surface area contributed by atoms with Gasteiger partial charge in [-0.05, 0) is 51.1 Å². The molecule has 140 valence electrons. The topological polar surface area (TPSA) is 60.5 Å². The number of rotatable bonds is 6. The van der Waals surface area contributed by atoms with Gasteiger partial charge in [0.2, 0.25) is 0 Å². The SMILES string of the molecule is CCOc1ccc(NC(=O)c2cc3ccc(F)cc3nc2C)cc1OCC. The number of anilines is 1. The first-order chi connectivity index (χ1) is 13.0. The highest BCUT2D eigenvalue weighted by atomic mass is 19.1. The molecule has 0 aliphatic rings. The number of aromatic nitrogens is 1. The lowest BCUT2D eigenvalue weighted by Gasteiger charge is -2.13. The third kappa shape index (κ3) is 4.16. The Morgan fingerprint density at radius 2 is 1.78 bits per heavy atom. The largest absolute Gasteiger partial charge is 0.490 e. The zero-order chi connectivity index (χ0) is 19.4. The molecule has 1 N–H and O–H groups in total. The highest BCUT2D eigenvalue weighted by molar-refractivity contribution is 6.06. The summed E-state index contributed by atoms with van der Waals surface area (Å²) in [6, 6.07) is 11.3. The van der Waals surface area contributed by atoms with Gasteiger partial charge in [-0.1, -0.05) is 0 Å². The summed E-state index contributed by atoms with van der Waals surface area (Å²) in [5, 5.41) is 3.56. The van der Waals surface area contributed by atoms with E-state index in [-0.39, 0.29) is 11.7 Å². The molecule has 1 aromatic heterocycles. The maximum Gasteiger partial charge on any atom is 0.257 e. The van der Waals surface area contributed by atoms with Crippen LogP contribution in [-0.4, -0.2) is 24.1 Å². The van der Waals surface area contributed by atoms with Gasteiger partial charge in [0.15, 0.2) is 11.5 Å². The number of fused-ring (bicyclic) bond motifs is 1. The quantitative estimate of drug-likeness (QED) is 0.683. The zero-order valence-corrected chi connectivity index (χ0v) is 15.5. The van der Waals surface area contributed by atoms with Crippen LogP contribution in [0.25, 0.3) is 10.9 Å². The van der Waals surface area contributed by atoms with E-state index < -0.39 is 0 Å². The Hall–Kier alpha value is -3.15. The zero-order valence-electron chi connectivity index (χ0n) is 15.5. The minimum absolute atomic E-state index is 0.294. The van der Waals surface area contributed by atoms with Gasteiger partial charge in [-0.2, -0.15) is 0 Å². The second kappa shape index (κ2) is 8.03. The van der Waals surface area contributed by atoms with Crippen molar-refractivity contribution >= 4 is 22.5 Å². The van der Waals surface area contributed by atoms with E-state index in [1.807, 2.05) is 13.8 Å². The molecule has 27 heavy (non-hydrogen) atoms. The van der Waals surface area contributed by atoms with E-state index in [2.05, 4.69) is 10.3 Å². The van der Waals surface area contributed by atoms with Gasteiger partial charge in [0, 0.05) is 23.2 Å². The Bertz CT molecular complexity index is 989. The van der Waals surface area contributed by atoms with E-state index in [1.54, 1.807) is 37.3 Å². The fourth-order valence-corrected chi connectivity index (χ4v) is 2.79. The Balaban J connectivity index is 1.88. The molecular formula is C21H21FN2O3. The van der Waals surface area contributed by atoms with Crippen LogP contribution in [0.2, 0.25) is 0 Å². The van der Waals surface area contributed by atoms with Crippen molar-refractivity contribution in [3.05, 3.63) is 59.5 Å². The van der Waals surface area contributed by atoms with Gasteiger partial charge >= 0.3 is 0 Å². The van der Waals surface area contributed by atoms with Gasteiger partial charge in [-0.3, -0.25) is 9.78 Å². The van der Waals surface area contributed by atoms with Gasteiger partial charge < -0.3 is 14.8 Å². The number of amides is 1. The number of ether oxygens (including phenoxy) is 2. The molecule has 1 amide bonds. The fraction of sp³-hybridized carbons (Fsp3) is 0.238. The molecule has 2 aromatic carbocycles. The number of carbonyl (C=O) groups excluding carboxylic acids is 1. The van der Waals surface area contributed by atoms with Gasteiger partial charge in [-0.25, -0.2) is 4.39 Å². The summed E-state index contributed by atoms with van der Waals surface area (Å²) in [7, 11) is 0. The van der Waals surface area contributed by atoms with Crippen LogP contribution in [0, 0.1) is 12.7 Å². The van der Waals surface area contributed by atoms with E-state index in [1.165, 1.54) is 12.1 Å². The molecule has 3 aromatic rings. The van der Waals surface area contributed by atoms with Gasteiger partial charge in [0.05, 0.1) is 30.0 Å². The maximum absolute atomic E-state index is 13.4. The number of nitrogens with zero attached hydrogens (tertiary/aromatic N) is 1. The van der Waals surface area contributed by atoms with Crippen molar-refractivity contribution in [2.45, 2.75) is 20.8 Å². The third-order valence-electron chi connectivity index (χ3n) is 4.02. The van der Waals surface area contributed by atoms with Crippen molar-refractivity contribution < 1.29 is 18.7 Å². The summed E-state index contributed by atoms with van der Waals surface area (Å²) < 4.78 is 24.5. The van der Waals surface area contributed by atoms with E-state index in [4.69, 9.17) is 9.47 Å². The molecule has 5 nitrogen and oxygen atoms in total. The van der Waals surface area contributed by atoms with Crippen molar-refractivity contribution in [2.24, 2.45) is 0 Å². The summed E-state index contributed by atoms with van der Waals surface area (Å²) in [5.41, 5.74) is 2.07. The number of nitrogens with one attached hydrogen (secondary N) is 1. The minimum atomic E-state index is -0.357. The van der Waals surface area contributed by atoms with Gasteiger partial charge in [-0.15, -0.1) is 0 Å². The number of halogens is 1. The first-order valence-electron chi connectivity index (χ1n) is 8.79. The number of pyridine rings is 1. The fourth-order valence-electron chi connectivity index (χ4n) is 2.79. The summed E-state index contributed by atoms with van der Waals surface area (Å²) in [6.45, 7) is 6.51. The van der Waals surface area contributed by atoms with Crippen molar-refractivity contribution in [1.82, 2.24) is 4.98 Å². The molecule has 0 bridgehead atoms. The number of hydrogen-bond acceptors (Lipinski definition) is 4. The van der Waals surface area contributed by atoms with Crippen LogP contribution < -0.4 is 14.8 Å². The van der Waals surface area contributed by atoms with Crippen LogP contribution >= 0.6 is 0 Å². The van der Waals surface area contributed by atoms with E-state index in [0.717, 1.165) is 0 Å². The van der Waals surface area contributed by atoms with Crippen LogP contribution in [0.4, 0.5) is 10.1 Å². The van der Waals surface area contributed by atoms with Crippen molar-refractivity contribution in [3.8, 4) is 11.5 Å². The average molecular weight is 368 g/mol. The Kier molecular flexibility index (Phi) is 5.54. The highest BCUT2D eigenvalue weighted by Gasteiger charge is 2.14. The van der Waals surface area contributed by atoms with Crippen molar-refractivity contribution in [1.29, 1.82) is 0 Å². The summed E-state index contributed by atoms with van der Waals surface area (Å²) in [6.07, 6.45) is 0. The molecule has 1 heterocycles. The number of benzene rings is 2. The molecule has 0 saturated carbocycles. The molecule has 0 spiro atoms. The summed E-state index contributed by atoms with van der Waals surface area (Å²) in [4.78, 5) is 17.1. The van der Waals surface area contributed by atoms with E-state index in [0.29, 0.717) is 52.6 Å². The molecule has 0 fully saturated rings. The molecule has 0 atom stereocenters. The van der Waals surface area contributed by atoms with Crippen molar-refractivity contribution in [2.75, 3.05) is 18.5 Å². The first kappa shape index (κ1) is 18.6. The predicted molar refractivity (Wildman–Crippen MR) is 103 cm³/mol. The average Bonchev–Trinajstić information content (AvgIpc) is 2.63. The maximum atomic E-state index is 13.4. The molecule has 3 rings (SSSR count). The first-order valence-corrected chi connectivity index (χ1v) is 8.79.